The number of halogens is 2. The Labute approximate surface area is 193 Å². The second-order valence-electron chi connectivity index (χ2n) is 7.95. The van der Waals surface area contributed by atoms with Crippen molar-refractivity contribution in [1.29, 1.82) is 0 Å². The molecule has 0 aliphatic carbocycles. The van der Waals surface area contributed by atoms with Gasteiger partial charge in [-0.15, -0.1) is 10.2 Å². The first-order valence-corrected chi connectivity index (χ1v) is 10.6. The monoisotopic (exact) mass is 469 g/mol. The molecule has 11 heteroatoms. The Balaban J connectivity index is 1.39. The molecule has 3 aromatic rings. The summed E-state index contributed by atoms with van der Waals surface area (Å²) in [5.74, 6) is -1.39. The van der Waals surface area contributed by atoms with Crippen LogP contribution in [0, 0.1) is 11.6 Å². The fourth-order valence-corrected chi connectivity index (χ4v) is 4.34. The second-order valence-corrected chi connectivity index (χ2v) is 7.95. The normalized spacial score (nSPS) is 18.5. The van der Waals surface area contributed by atoms with Crippen LogP contribution in [0.2, 0.25) is 0 Å². The third kappa shape index (κ3) is 3.82. The third-order valence-electron chi connectivity index (χ3n) is 5.92. The van der Waals surface area contributed by atoms with E-state index in [0.29, 0.717) is 36.6 Å². The van der Waals surface area contributed by atoms with Gasteiger partial charge in [-0.1, -0.05) is 6.07 Å². The van der Waals surface area contributed by atoms with Crippen molar-refractivity contribution in [3.05, 3.63) is 53.7 Å². The summed E-state index contributed by atoms with van der Waals surface area (Å²) in [6.45, 7) is 1.08. The predicted octanol–water partition coefficient (Wildman–Crippen LogP) is 3.06. The van der Waals surface area contributed by atoms with Gasteiger partial charge in [-0.3, -0.25) is 0 Å². The van der Waals surface area contributed by atoms with E-state index in [1.54, 1.807) is 12.1 Å². The summed E-state index contributed by atoms with van der Waals surface area (Å²) in [4.78, 5) is 17.6. The van der Waals surface area contributed by atoms with Crippen molar-refractivity contribution in [2.75, 3.05) is 37.5 Å². The SMILES string of the molecule is COC(=O)c1cnc(OC2CC3CNc4nnc(-c5cccc(F)c5OC)cc4N3C2)c(F)c1. The highest BCUT2D eigenvalue weighted by Crippen LogP contribution is 2.39. The quantitative estimate of drug-likeness (QED) is 0.565. The van der Waals surface area contributed by atoms with Gasteiger partial charge in [0.1, 0.15) is 6.10 Å². The number of anilines is 2. The number of rotatable bonds is 5. The van der Waals surface area contributed by atoms with E-state index in [2.05, 4.69) is 30.1 Å². The number of aromatic nitrogens is 3. The number of pyridine rings is 1. The van der Waals surface area contributed by atoms with E-state index >= 15 is 0 Å². The number of carbonyl (C=O) groups excluding carboxylic acids is 1. The number of ether oxygens (including phenoxy) is 3. The molecule has 9 nitrogen and oxygen atoms in total. The molecule has 0 radical (unpaired) electrons. The first kappa shape index (κ1) is 21.8. The Morgan fingerprint density at radius 1 is 1.18 bits per heavy atom. The number of hydrogen-bond acceptors (Lipinski definition) is 9. The van der Waals surface area contributed by atoms with Gasteiger partial charge in [0.05, 0.1) is 43.8 Å². The molecule has 5 rings (SSSR count). The molecule has 0 bridgehead atoms. The van der Waals surface area contributed by atoms with Crippen molar-refractivity contribution in [1.82, 2.24) is 15.2 Å². The Kier molecular flexibility index (Phi) is 5.60. The average Bonchev–Trinajstić information content (AvgIpc) is 3.27. The molecule has 1 N–H and O–H groups in total. The number of carbonyl (C=O) groups is 1. The maximum absolute atomic E-state index is 14.5. The largest absolute Gasteiger partial charge is 0.493 e. The first-order valence-electron chi connectivity index (χ1n) is 10.6. The van der Waals surface area contributed by atoms with E-state index in [-0.39, 0.29) is 29.3 Å². The number of nitrogens with one attached hydrogen (secondary N) is 1. The van der Waals surface area contributed by atoms with Crippen molar-refractivity contribution >= 4 is 17.5 Å². The van der Waals surface area contributed by atoms with Crippen LogP contribution in [-0.2, 0) is 4.74 Å². The van der Waals surface area contributed by atoms with Crippen molar-refractivity contribution in [2.24, 2.45) is 0 Å². The van der Waals surface area contributed by atoms with Crippen molar-refractivity contribution in [2.45, 2.75) is 18.6 Å². The Bertz CT molecular complexity index is 1260. The van der Waals surface area contributed by atoms with E-state index in [0.717, 1.165) is 11.8 Å². The number of methoxy groups -OCH3 is 2. The summed E-state index contributed by atoms with van der Waals surface area (Å²) >= 11 is 0. The van der Waals surface area contributed by atoms with Crippen LogP contribution in [0.3, 0.4) is 0 Å². The van der Waals surface area contributed by atoms with Crippen LogP contribution in [0.1, 0.15) is 16.8 Å². The van der Waals surface area contributed by atoms with Gasteiger partial charge in [-0.05, 0) is 24.3 Å². The van der Waals surface area contributed by atoms with Gasteiger partial charge in [0.2, 0.25) is 0 Å². The standard InChI is InChI=1S/C23H21F2N5O4/c1-32-20-15(4-3-5-16(20)24)18-8-19-21(29-28-18)26-10-13-7-14(11-30(13)19)34-22-17(25)6-12(9-27-22)23(31)33-2/h3-6,8-9,13-14H,7,10-11H2,1-2H3,(H,26,29). The Morgan fingerprint density at radius 3 is 2.79 bits per heavy atom. The molecule has 2 unspecified atom stereocenters. The van der Waals surface area contributed by atoms with Gasteiger partial charge in [-0.2, -0.15) is 0 Å². The van der Waals surface area contributed by atoms with E-state index in [4.69, 9.17) is 9.47 Å². The van der Waals surface area contributed by atoms with Crippen LogP contribution >= 0.6 is 0 Å². The summed E-state index contributed by atoms with van der Waals surface area (Å²) in [5.41, 5.74) is 1.75. The van der Waals surface area contributed by atoms with Crippen molar-refractivity contribution in [3.63, 3.8) is 0 Å². The Morgan fingerprint density at radius 2 is 2.03 bits per heavy atom. The number of para-hydroxylation sites is 1. The van der Waals surface area contributed by atoms with Crippen molar-refractivity contribution in [3.8, 4) is 22.9 Å². The van der Waals surface area contributed by atoms with Gasteiger partial charge in [0, 0.05) is 24.7 Å². The van der Waals surface area contributed by atoms with Gasteiger partial charge in [0.25, 0.3) is 5.88 Å². The highest BCUT2D eigenvalue weighted by molar-refractivity contribution is 5.89. The number of benzene rings is 1. The second kappa shape index (κ2) is 8.73. The molecule has 2 aliphatic rings. The first-order chi connectivity index (χ1) is 16.5. The van der Waals surface area contributed by atoms with Crippen molar-refractivity contribution < 1.29 is 27.8 Å². The fraction of sp³-hybridized carbons (Fsp3) is 0.304. The van der Waals surface area contributed by atoms with Crippen LogP contribution in [0.4, 0.5) is 20.3 Å². The van der Waals surface area contributed by atoms with Crippen LogP contribution < -0.4 is 19.7 Å². The zero-order valence-electron chi connectivity index (χ0n) is 18.4. The average molecular weight is 469 g/mol. The van der Waals surface area contributed by atoms with Crippen LogP contribution in [-0.4, -0.2) is 60.6 Å². The summed E-state index contributed by atoms with van der Waals surface area (Å²) in [5, 5.41) is 11.8. The molecule has 1 aromatic carbocycles. The lowest BCUT2D eigenvalue weighted by Gasteiger charge is -2.33. The topological polar surface area (TPSA) is 98.7 Å². The summed E-state index contributed by atoms with van der Waals surface area (Å²) in [6, 6.07) is 7.56. The smallest absolute Gasteiger partial charge is 0.339 e. The molecule has 2 atom stereocenters. The molecule has 1 saturated heterocycles. The molecular weight excluding hydrogens is 448 g/mol. The molecule has 176 valence electrons. The highest BCUT2D eigenvalue weighted by atomic mass is 19.1. The van der Waals surface area contributed by atoms with E-state index < -0.39 is 17.6 Å². The van der Waals surface area contributed by atoms with Gasteiger partial charge >= 0.3 is 5.97 Å². The third-order valence-corrected chi connectivity index (χ3v) is 5.92. The number of hydrogen-bond donors (Lipinski definition) is 1. The lowest BCUT2D eigenvalue weighted by atomic mass is 10.1. The summed E-state index contributed by atoms with van der Waals surface area (Å²) < 4.78 is 44.3. The lowest BCUT2D eigenvalue weighted by Crippen LogP contribution is -2.40. The number of esters is 1. The molecule has 4 heterocycles. The minimum atomic E-state index is -0.738. The molecule has 34 heavy (non-hydrogen) atoms. The fourth-order valence-electron chi connectivity index (χ4n) is 4.34. The molecule has 2 aliphatic heterocycles. The molecule has 2 aromatic heterocycles. The van der Waals surface area contributed by atoms with Crippen LogP contribution in [0.15, 0.2) is 36.5 Å². The van der Waals surface area contributed by atoms with E-state index in [1.165, 1.54) is 26.5 Å². The minimum absolute atomic E-state index is 0.00759. The van der Waals surface area contributed by atoms with Gasteiger partial charge in [0.15, 0.2) is 23.2 Å². The highest BCUT2D eigenvalue weighted by Gasteiger charge is 2.38. The van der Waals surface area contributed by atoms with Gasteiger partial charge < -0.3 is 24.4 Å². The number of nitrogens with zero attached hydrogens (tertiary/aromatic N) is 4. The predicted molar refractivity (Wildman–Crippen MR) is 118 cm³/mol. The van der Waals surface area contributed by atoms with Crippen LogP contribution in [0.25, 0.3) is 11.3 Å². The van der Waals surface area contributed by atoms with E-state index in [1.807, 2.05) is 6.07 Å². The zero-order chi connectivity index (χ0) is 23.8. The lowest BCUT2D eigenvalue weighted by molar-refractivity contribution is 0.0599. The molecule has 1 fully saturated rings. The zero-order valence-corrected chi connectivity index (χ0v) is 18.4. The maximum atomic E-state index is 14.5. The number of fused-ring (bicyclic) bond motifs is 3. The molecule has 0 saturated carbocycles. The molecule has 0 amide bonds. The maximum Gasteiger partial charge on any atom is 0.339 e. The minimum Gasteiger partial charge on any atom is -0.493 e. The summed E-state index contributed by atoms with van der Waals surface area (Å²) in [7, 11) is 2.62. The molecular formula is C23H21F2N5O4. The summed E-state index contributed by atoms with van der Waals surface area (Å²) in [6.07, 6.45) is 1.49. The van der Waals surface area contributed by atoms with E-state index in [9.17, 15) is 13.6 Å². The molecule has 0 spiro atoms. The Hall–Kier alpha value is -4.02. The van der Waals surface area contributed by atoms with Crippen LogP contribution in [0.5, 0.6) is 11.6 Å². The van der Waals surface area contributed by atoms with Gasteiger partial charge in [-0.25, -0.2) is 18.6 Å².